The second kappa shape index (κ2) is 5.25. The molecule has 2 rings (SSSR count). The molecule has 0 bridgehead atoms. The molecule has 0 aromatic carbocycles. The quantitative estimate of drug-likeness (QED) is 0.561. The van der Waals surface area contributed by atoms with Crippen LogP contribution < -0.4 is 11.2 Å². The molecule has 1 atom stereocenters. The van der Waals surface area contributed by atoms with E-state index < -0.39 is 38.8 Å². The topological polar surface area (TPSA) is 133 Å². The van der Waals surface area contributed by atoms with Crippen molar-refractivity contribution in [3.05, 3.63) is 27.0 Å². The maximum atomic E-state index is 12.3. The predicted molar refractivity (Wildman–Crippen MR) is 63.3 cm³/mol. The number of ether oxygens (including phenoxy) is 1. The Kier molecular flexibility index (Phi) is 3.85. The van der Waals surface area contributed by atoms with E-state index in [1.165, 1.54) is 0 Å². The molecular formula is C9H13N3O6S. The van der Waals surface area contributed by atoms with E-state index in [0.29, 0.717) is 0 Å². The first-order valence-corrected chi connectivity index (χ1v) is 6.93. The highest BCUT2D eigenvalue weighted by Crippen LogP contribution is 2.16. The molecule has 19 heavy (non-hydrogen) atoms. The van der Waals surface area contributed by atoms with Crippen molar-refractivity contribution in [2.45, 2.75) is 10.9 Å². The van der Waals surface area contributed by atoms with Gasteiger partial charge in [0, 0.05) is 12.7 Å². The van der Waals surface area contributed by atoms with E-state index >= 15 is 0 Å². The van der Waals surface area contributed by atoms with E-state index in [1.807, 2.05) is 4.98 Å². The van der Waals surface area contributed by atoms with Gasteiger partial charge in [0.1, 0.15) is 0 Å². The normalized spacial score (nSPS) is 21.4. The van der Waals surface area contributed by atoms with Gasteiger partial charge in [-0.05, 0) is 0 Å². The minimum atomic E-state index is -4.09. The lowest BCUT2D eigenvalue weighted by atomic mass is 10.3. The van der Waals surface area contributed by atoms with Gasteiger partial charge in [-0.25, -0.2) is 13.2 Å². The Labute approximate surface area is 107 Å². The third kappa shape index (κ3) is 2.61. The smallest absolute Gasteiger partial charge is 0.325 e. The molecule has 0 saturated carbocycles. The van der Waals surface area contributed by atoms with E-state index in [0.717, 1.165) is 10.5 Å². The largest absolute Gasteiger partial charge is 0.395 e. The standard InChI is InChI=1S/C9H13N3O6S/c13-4-6-5-18-2-1-12(6)19(16,17)7-3-10-9(15)11-8(7)14/h3,6,13H,1-2,4-5H2,(H2,10,11,14,15). The van der Waals surface area contributed by atoms with Gasteiger partial charge >= 0.3 is 5.69 Å². The molecule has 2 heterocycles. The Bertz CT molecular complexity index is 663. The van der Waals surface area contributed by atoms with Crippen LogP contribution in [-0.2, 0) is 14.8 Å². The van der Waals surface area contributed by atoms with Crippen molar-refractivity contribution in [1.29, 1.82) is 0 Å². The Morgan fingerprint density at radius 1 is 1.47 bits per heavy atom. The summed E-state index contributed by atoms with van der Waals surface area (Å²) in [5.41, 5.74) is -1.78. The van der Waals surface area contributed by atoms with E-state index in [1.54, 1.807) is 0 Å². The van der Waals surface area contributed by atoms with Gasteiger partial charge < -0.3 is 14.8 Å². The zero-order valence-electron chi connectivity index (χ0n) is 9.83. The van der Waals surface area contributed by atoms with Crippen LogP contribution in [0.3, 0.4) is 0 Å². The second-order valence-corrected chi connectivity index (χ2v) is 5.82. The fraction of sp³-hybridized carbons (Fsp3) is 0.556. The molecule has 1 aliphatic heterocycles. The average molecular weight is 291 g/mol. The zero-order valence-corrected chi connectivity index (χ0v) is 10.6. The number of nitrogens with zero attached hydrogens (tertiary/aromatic N) is 1. The van der Waals surface area contributed by atoms with Crippen LogP contribution in [0.2, 0.25) is 0 Å². The molecule has 10 heteroatoms. The fourth-order valence-electron chi connectivity index (χ4n) is 1.82. The number of morpholine rings is 1. The van der Waals surface area contributed by atoms with Crippen molar-refractivity contribution in [3.63, 3.8) is 0 Å². The second-order valence-electron chi connectivity index (χ2n) is 3.96. The number of aliphatic hydroxyl groups is 1. The van der Waals surface area contributed by atoms with E-state index in [2.05, 4.69) is 4.98 Å². The molecular weight excluding hydrogens is 278 g/mol. The van der Waals surface area contributed by atoms with Crippen LogP contribution in [0.5, 0.6) is 0 Å². The van der Waals surface area contributed by atoms with Crippen molar-refractivity contribution in [1.82, 2.24) is 14.3 Å². The number of aliphatic hydroxyl groups excluding tert-OH is 1. The Morgan fingerprint density at radius 3 is 2.84 bits per heavy atom. The molecule has 1 aromatic heterocycles. The molecule has 0 amide bonds. The highest BCUT2D eigenvalue weighted by Gasteiger charge is 2.35. The summed E-state index contributed by atoms with van der Waals surface area (Å²) in [6.45, 7) is -0.152. The van der Waals surface area contributed by atoms with Crippen LogP contribution in [0.15, 0.2) is 20.7 Å². The Hall–Kier alpha value is -1.49. The molecule has 0 radical (unpaired) electrons. The molecule has 106 valence electrons. The van der Waals surface area contributed by atoms with Gasteiger partial charge in [-0.2, -0.15) is 4.31 Å². The first-order chi connectivity index (χ1) is 8.96. The lowest BCUT2D eigenvalue weighted by Gasteiger charge is -2.32. The SMILES string of the molecule is O=c1[nH]cc(S(=O)(=O)N2CCOCC2CO)c(=O)[nH]1. The highest BCUT2D eigenvalue weighted by molar-refractivity contribution is 7.89. The van der Waals surface area contributed by atoms with E-state index in [-0.39, 0.29) is 19.8 Å². The van der Waals surface area contributed by atoms with Crippen molar-refractivity contribution < 1.29 is 18.3 Å². The first kappa shape index (κ1) is 13.9. The van der Waals surface area contributed by atoms with Crippen LogP contribution in [-0.4, -0.2) is 60.2 Å². The lowest BCUT2D eigenvalue weighted by molar-refractivity contribution is 0.0108. The molecule has 1 saturated heterocycles. The van der Waals surface area contributed by atoms with Gasteiger partial charge in [0.05, 0.1) is 25.9 Å². The number of hydrogen-bond acceptors (Lipinski definition) is 6. The summed E-state index contributed by atoms with van der Waals surface area (Å²) in [7, 11) is -4.09. The van der Waals surface area contributed by atoms with Gasteiger partial charge in [-0.15, -0.1) is 0 Å². The van der Waals surface area contributed by atoms with E-state index in [4.69, 9.17) is 9.84 Å². The summed E-state index contributed by atoms with van der Waals surface area (Å²) in [5.74, 6) is 0. The van der Waals surface area contributed by atoms with Crippen LogP contribution in [0.4, 0.5) is 0 Å². The van der Waals surface area contributed by atoms with Gasteiger partial charge in [-0.1, -0.05) is 0 Å². The van der Waals surface area contributed by atoms with Crippen molar-refractivity contribution in [2.24, 2.45) is 0 Å². The third-order valence-corrected chi connectivity index (χ3v) is 4.71. The number of H-pyrrole nitrogens is 2. The van der Waals surface area contributed by atoms with Gasteiger partial charge in [0.2, 0.25) is 0 Å². The number of aromatic amines is 2. The lowest BCUT2D eigenvalue weighted by Crippen LogP contribution is -2.51. The molecule has 3 N–H and O–H groups in total. The third-order valence-electron chi connectivity index (χ3n) is 2.76. The average Bonchev–Trinajstić information content (AvgIpc) is 2.38. The Morgan fingerprint density at radius 2 is 2.21 bits per heavy atom. The number of aromatic nitrogens is 2. The summed E-state index contributed by atoms with van der Waals surface area (Å²) in [5, 5.41) is 9.16. The molecule has 0 aliphatic carbocycles. The minimum absolute atomic E-state index is 0.0339. The van der Waals surface area contributed by atoms with E-state index in [9.17, 15) is 18.0 Å². The van der Waals surface area contributed by atoms with Crippen LogP contribution in [0, 0.1) is 0 Å². The van der Waals surface area contributed by atoms with Crippen LogP contribution >= 0.6 is 0 Å². The summed E-state index contributed by atoms with van der Waals surface area (Å²) in [6, 6.07) is -0.745. The number of hydrogen-bond donors (Lipinski definition) is 3. The van der Waals surface area contributed by atoms with Crippen molar-refractivity contribution >= 4 is 10.0 Å². The predicted octanol–water partition coefficient (Wildman–Crippen LogP) is -2.55. The maximum absolute atomic E-state index is 12.3. The fourth-order valence-corrected chi connectivity index (χ4v) is 3.40. The first-order valence-electron chi connectivity index (χ1n) is 5.49. The van der Waals surface area contributed by atoms with Crippen molar-refractivity contribution in [3.8, 4) is 0 Å². The number of rotatable bonds is 3. The van der Waals surface area contributed by atoms with Gasteiger partial charge in [0.25, 0.3) is 15.6 Å². The summed E-state index contributed by atoms with van der Waals surface area (Å²) >= 11 is 0. The molecule has 1 fully saturated rings. The molecule has 9 nitrogen and oxygen atoms in total. The molecule has 1 aliphatic rings. The summed E-state index contributed by atoms with van der Waals surface area (Å²) in [6.07, 6.45) is 0.848. The highest BCUT2D eigenvalue weighted by atomic mass is 32.2. The van der Waals surface area contributed by atoms with Crippen molar-refractivity contribution in [2.75, 3.05) is 26.4 Å². The van der Waals surface area contributed by atoms with Gasteiger partial charge in [-0.3, -0.25) is 9.78 Å². The monoisotopic (exact) mass is 291 g/mol. The summed E-state index contributed by atoms with van der Waals surface area (Å²) < 4.78 is 30.7. The summed E-state index contributed by atoms with van der Waals surface area (Å²) in [4.78, 5) is 25.8. The molecule has 1 aromatic rings. The Balaban J connectivity index is 2.46. The molecule has 0 spiro atoms. The van der Waals surface area contributed by atoms with Crippen LogP contribution in [0.25, 0.3) is 0 Å². The minimum Gasteiger partial charge on any atom is -0.395 e. The van der Waals surface area contributed by atoms with Crippen LogP contribution in [0.1, 0.15) is 0 Å². The number of nitrogens with one attached hydrogen (secondary N) is 2. The van der Waals surface area contributed by atoms with Gasteiger partial charge in [0.15, 0.2) is 4.90 Å². The zero-order chi connectivity index (χ0) is 14.0. The number of sulfonamides is 1. The molecule has 1 unspecified atom stereocenters. The maximum Gasteiger partial charge on any atom is 0.325 e.